The van der Waals surface area contributed by atoms with E-state index in [1.807, 2.05) is 25.1 Å². The van der Waals surface area contributed by atoms with E-state index >= 15 is 0 Å². The second-order valence-electron chi connectivity index (χ2n) is 4.17. The van der Waals surface area contributed by atoms with E-state index in [1.165, 1.54) is 0 Å². The van der Waals surface area contributed by atoms with Crippen LogP contribution in [0, 0.1) is 0 Å². The lowest BCUT2D eigenvalue weighted by molar-refractivity contribution is 0.497. The Kier molecular flexibility index (Phi) is 4.36. The van der Waals surface area contributed by atoms with Crippen molar-refractivity contribution in [2.45, 2.75) is 32.7 Å². The molecule has 1 atom stereocenters. The Balaban J connectivity index is 2.02. The van der Waals surface area contributed by atoms with Gasteiger partial charge in [-0.2, -0.15) is 0 Å². The fourth-order valence-corrected chi connectivity index (χ4v) is 2.15. The molecule has 2 aromatic rings. The number of rotatable bonds is 5. The van der Waals surface area contributed by atoms with E-state index in [0.29, 0.717) is 0 Å². The molecule has 0 aliphatic heterocycles. The molecule has 0 fully saturated rings. The van der Waals surface area contributed by atoms with Gasteiger partial charge in [0, 0.05) is 24.9 Å². The molecule has 2 rings (SSSR count). The van der Waals surface area contributed by atoms with Gasteiger partial charge in [-0.1, -0.05) is 6.92 Å². The van der Waals surface area contributed by atoms with Crippen LogP contribution in [-0.4, -0.2) is 16.0 Å². The van der Waals surface area contributed by atoms with Gasteiger partial charge >= 0.3 is 0 Å². The van der Waals surface area contributed by atoms with Gasteiger partial charge in [0.2, 0.25) is 0 Å². The maximum Gasteiger partial charge on any atom is 0.131 e. The Labute approximate surface area is 115 Å². The molecule has 0 aromatic carbocycles. The zero-order valence-electron chi connectivity index (χ0n) is 10.5. The van der Waals surface area contributed by atoms with Crippen LogP contribution in [-0.2, 0) is 12.8 Å². The Morgan fingerprint density at radius 2 is 2.28 bits per heavy atom. The summed E-state index contributed by atoms with van der Waals surface area (Å²) in [5, 5.41) is 3.35. The van der Waals surface area contributed by atoms with Crippen molar-refractivity contribution in [2.24, 2.45) is 0 Å². The van der Waals surface area contributed by atoms with E-state index in [2.05, 4.69) is 38.1 Å². The number of nitrogens with one attached hydrogen (secondary N) is 1. The summed E-state index contributed by atoms with van der Waals surface area (Å²) in [7, 11) is 0. The van der Waals surface area contributed by atoms with Crippen molar-refractivity contribution in [3.8, 4) is 0 Å². The van der Waals surface area contributed by atoms with Gasteiger partial charge in [0.25, 0.3) is 0 Å². The van der Waals surface area contributed by atoms with Crippen LogP contribution in [0.1, 0.15) is 25.4 Å². The number of hydrogen-bond acceptors (Lipinski definition) is 4. The van der Waals surface area contributed by atoms with Gasteiger partial charge in [0.15, 0.2) is 0 Å². The molecule has 0 radical (unpaired) electrons. The van der Waals surface area contributed by atoms with Crippen LogP contribution in [0.3, 0.4) is 0 Å². The Bertz CT molecular complexity index is 499. The molecule has 4 nitrogen and oxygen atoms in total. The number of nitrogens with zero attached hydrogens (tertiary/aromatic N) is 2. The smallest absolute Gasteiger partial charge is 0.131 e. The van der Waals surface area contributed by atoms with E-state index in [-0.39, 0.29) is 6.04 Å². The highest BCUT2D eigenvalue weighted by Gasteiger charge is 2.08. The minimum absolute atomic E-state index is 0.252. The molecule has 0 bridgehead atoms. The van der Waals surface area contributed by atoms with Gasteiger partial charge in [-0.3, -0.25) is 0 Å². The van der Waals surface area contributed by atoms with Crippen molar-refractivity contribution >= 4 is 21.7 Å². The van der Waals surface area contributed by atoms with E-state index in [1.54, 1.807) is 6.26 Å². The number of halogens is 1. The maximum atomic E-state index is 5.33. The molecule has 0 saturated carbocycles. The van der Waals surface area contributed by atoms with Crippen LogP contribution < -0.4 is 5.32 Å². The molecule has 0 aliphatic carbocycles. The van der Waals surface area contributed by atoms with Gasteiger partial charge in [-0.25, -0.2) is 9.97 Å². The molecule has 0 spiro atoms. The molecule has 2 aromatic heterocycles. The molecule has 1 N–H and O–H groups in total. The van der Waals surface area contributed by atoms with Crippen molar-refractivity contribution in [1.29, 1.82) is 0 Å². The quantitative estimate of drug-likeness (QED) is 0.860. The first kappa shape index (κ1) is 13.1. The fourth-order valence-electron chi connectivity index (χ4n) is 1.73. The van der Waals surface area contributed by atoms with Crippen molar-refractivity contribution < 1.29 is 4.42 Å². The molecule has 0 saturated heterocycles. The fraction of sp³-hybridized carbons (Fsp3) is 0.385. The molecular formula is C13H16BrN3O. The van der Waals surface area contributed by atoms with Crippen molar-refractivity contribution in [3.63, 3.8) is 0 Å². The Hall–Kier alpha value is -1.36. The van der Waals surface area contributed by atoms with Crippen molar-refractivity contribution in [2.75, 3.05) is 5.32 Å². The summed E-state index contributed by atoms with van der Waals surface area (Å²) in [5.74, 6) is 2.64. The summed E-state index contributed by atoms with van der Waals surface area (Å²) < 4.78 is 6.14. The lowest BCUT2D eigenvalue weighted by Crippen LogP contribution is -2.19. The van der Waals surface area contributed by atoms with E-state index < -0.39 is 0 Å². The highest BCUT2D eigenvalue weighted by atomic mass is 79.9. The Morgan fingerprint density at radius 1 is 1.44 bits per heavy atom. The third kappa shape index (κ3) is 3.57. The molecule has 0 amide bonds. The second-order valence-corrected chi connectivity index (χ2v) is 4.99. The molecule has 18 heavy (non-hydrogen) atoms. The summed E-state index contributed by atoms with van der Waals surface area (Å²) in [6, 6.07) is 6.02. The van der Waals surface area contributed by atoms with E-state index in [9.17, 15) is 0 Å². The topological polar surface area (TPSA) is 51.0 Å². The molecule has 0 aliphatic rings. The first-order valence-electron chi connectivity index (χ1n) is 5.99. The largest absolute Gasteiger partial charge is 0.469 e. The monoisotopic (exact) mass is 309 g/mol. The number of hydrogen-bond donors (Lipinski definition) is 1. The number of aromatic nitrogens is 2. The summed E-state index contributed by atoms with van der Waals surface area (Å²) in [4.78, 5) is 8.72. The highest BCUT2D eigenvalue weighted by Crippen LogP contribution is 2.15. The minimum Gasteiger partial charge on any atom is -0.469 e. The highest BCUT2D eigenvalue weighted by molar-refractivity contribution is 9.10. The maximum absolute atomic E-state index is 5.33. The number of furan rings is 1. The predicted octanol–water partition coefficient (Wildman–Crippen LogP) is 3.44. The zero-order chi connectivity index (χ0) is 13.0. The first-order chi connectivity index (χ1) is 8.67. The van der Waals surface area contributed by atoms with Crippen LogP contribution in [0.5, 0.6) is 0 Å². The number of aryl methyl sites for hydroxylation is 1. The zero-order valence-corrected chi connectivity index (χ0v) is 12.1. The van der Waals surface area contributed by atoms with Gasteiger partial charge in [0.05, 0.1) is 6.26 Å². The third-order valence-electron chi connectivity index (χ3n) is 2.54. The third-order valence-corrected chi connectivity index (χ3v) is 2.95. The Morgan fingerprint density at radius 3 is 2.94 bits per heavy atom. The van der Waals surface area contributed by atoms with E-state index in [4.69, 9.17) is 4.42 Å². The summed E-state index contributed by atoms with van der Waals surface area (Å²) in [6.07, 6.45) is 3.34. The lowest BCUT2D eigenvalue weighted by atomic mass is 10.2. The van der Waals surface area contributed by atoms with Gasteiger partial charge in [-0.05, 0) is 35.0 Å². The number of anilines is 1. The normalized spacial score (nSPS) is 12.4. The van der Waals surface area contributed by atoms with Crippen LogP contribution in [0.2, 0.25) is 0 Å². The summed E-state index contributed by atoms with van der Waals surface area (Å²) >= 11 is 3.39. The van der Waals surface area contributed by atoms with Crippen LogP contribution in [0.15, 0.2) is 33.5 Å². The van der Waals surface area contributed by atoms with Crippen LogP contribution in [0.4, 0.5) is 5.82 Å². The minimum atomic E-state index is 0.252. The second kappa shape index (κ2) is 6.00. The average molecular weight is 310 g/mol. The summed E-state index contributed by atoms with van der Waals surface area (Å²) in [6.45, 7) is 4.14. The van der Waals surface area contributed by atoms with Crippen molar-refractivity contribution in [3.05, 3.63) is 40.7 Å². The lowest BCUT2D eigenvalue weighted by Gasteiger charge is -2.13. The molecule has 5 heteroatoms. The average Bonchev–Trinajstić information content (AvgIpc) is 2.80. The predicted molar refractivity (Wildman–Crippen MR) is 74.6 cm³/mol. The van der Waals surface area contributed by atoms with Crippen LogP contribution >= 0.6 is 15.9 Å². The molecule has 96 valence electrons. The van der Waals surface area contributed by atoms with Crippen LogP contribution in [0.25, 0.3) is 0 Å². The van der Waals surface area contributed by atoms with Gasteiger partial charge < -0.3 is 9.73 Å². The summed E-state index contributed by atoms with van der Waals surface area (Å²) in [5.41, 5.74) is 0. The first-order valence-corrected chi connectivity index (χ1v) is 6.79. The van der Waals surface area contributed by atoms with Gasteiger partial charge in [0.1, 0.15) is 22.0 Å². The molecule has 1 unspecified atom stereocenters. The van der Waals surface area contributed by atoms with Crippen molar-refractivity contribution in [1.82, 2.24) is 9.97 Å². The molecule has 2 heterocycles. The molecular weight excluding hydrogens is 294 g/mol. The van der Waals surface area contributed by atoms with Gasteiger partial charge in [-0.15, -0.1) is 0 Å². The standard InChI is InChI=1S/C13H16BrN3O/c1-3-12-16-11(14)8-13(17-12)15-9(2)7-10-5-4-6-18-10/h4-6,8-9H,3,7H2,1-2H3,(H,15,16,17). The SMILES string of the molecule is CCc1nc(Br)cc(NC(C)Cc2ccco2)n1. The van der Waals surface area contributed by atoms with E-state index in [0.717, 1.165) is 34.8 Å².